The highest BCUT2D eigenvalue weighted by Crippen LogP contribution is 2.50. The zero-order valence-corrected chi connectivity index (χ0v) is 21.2. The lowest BCUT2D eigenvalue weighted by molar-refractivity contribution is -0.384. The van der Waals surface area contributed by atoms with E-state index in [9.17, 15) is 19.7 Å². The molecule has 0 radical (unpaired) electrons. The summed E-state index contributed by atoms with van der Waals surface area (Å²) in [6.07, 6.45) is 1.62. The third-order valence-corrected chi connectivity index (χ3v) is 7.03. The quantitative estimate of drug-likeness (QED) is 0.162. The number of amides is 2. The Balaban J connectivity index is 1.61. The van der Waals surface area contributed by atoms with Crippen molar-refractivity contribution in [2.45, 2.75) is 6.04 Å². The second-order valence-corrected chi connectivity index (χ2v) is 9.55. The van der Waals surface area contributed by atoms with Gasteiger partial charge in [0.1, 0.15) is 5.70 Å². The Morgan fingerprint density at radius 3 is 2.05 bits per heavy atom. The molecule has 1 unspecified atom stereocenters. The van der Waals surface area contributed by atoms with Gasteiger partial charge in [-0.1, -0.05) is 72.3 Å². The molecule has 190 valence electrons. The van der Waals surface area contributed by atoms with Crippen LogP contribution in [-0.4, -0.2) is 16.7 Å². The van der Waals surface area contributed by atoms with E-state index in [0.29, 0.717) is 33.1 Å². The number of carbonyl (C=O) groups is 2. The second kappa shape index (κ2) is 9.70. The largest absolute Gasteiger partial charge is 0.295 e. The first-order valence-corrected chi connectivity index (χ1v) is 12.6. The molecule has 2 amide bonds. The van der Waals surface area contributed by atoms with Gasteiger partial charge in [-0.25, -0.2) is 0 Å². The van der Waals surface area contributed by atoms with Crippen molar-refractivity contribution in [1.29, 1.82) is 0 Å². The molecule has 2 aliphatic heterocycles. The van der Waals surface area contributed by atoms with Crippen LogP contribution >= 0.6 is 11.6 Å². The number of benzene rings is 4. The molecule has 0 N–H and O–H groups in total. The Kier molecular flexibility index (Phi) is 6.05. The summed E-state index contributed by atoms with van der Waals surface area (Å²) in [6, 6.07) is 30.9. The summed E-state index contributed by atoms with van der Waals surface area (Å²) in [7, 11) is 0. The monoisotopic (exact) mass is 533 g/mol. The number of para-hydroxylation sites is 2. The molecule has 1 atom stereocenters. The van der Waals surface area contributed by atoms with E-state index in [2.05, 4.69) is 0 Å². The highest BCUT2D eigenvalue weighted by atomic mass is 35.5. The number of rotatable bonds is 5. The van der Waals surface area contributed by atoms with E-state index in [-0.39, 0.29) is 23.2 Å². The number of nitrogens with zero attached hydrogens (tertiary/aromatic N) is 3. The SMILES string of the molecule is O=C1C(=Cc2cccc([N+](=O)[O-])c2)C2=C(C(=O)N(c3ccccc3)C2c2ccc(Cl)cc2)N1c1ccccc1. The highest BCUT2D eigenvalue weighted by molar-refractivity contribution is 6.31. The van der Waals surface area contributed by atoms with Crippen LogP contribution in [0, 0.1) is 10.1 Å². The number of hydrogen-bond donors (Lipinski definition) is 0. The van der Waals surface area contributed by atoms with E-state index in [4.69, 9.17) is 11.6 Å². The van der Waals surface area contributed by atoms with Crippen LogP contribution in [-0.2, 0) is 9.59 Å². The first-order valence-electron chi connectivity index (χ1n) is 12.2. The minimum absolute atomic E-state index is 0.0911. The standard InChI is InChI=1S/C31H20ClN3O4/c32-22-16-14-21(15-17-22)28-27-26(19-20-8-7-13-25(18-20)35(38)39)30(36)34(24-11-5-2-6-12-24)29(27)31(37)33(28)23-9-3-1-4-10-23/h1-19,28H. The second-order valence-electron chi connectivity index (χ2n) is 9.11. The summed E-state index contributed by atoms with van der Waals surface area (Å²) in [5.74, 6) is -0.700. The van der Waals surface area contributed by atoms with E-state index in [1.807, 2.05) is 48.5 Å². The Bertz CT molecular complexity index is 1680. The van der Waals surface area contributed by atoms with E-state index in [1.165, 1.54) is 17.0 Å². The predicted molar refractivity (Wildman–Crippen MR) is 150 cm³/mol. The van der Waals surface area contributed by atoms with Crippen LogP contribution in [0.15, 0.2) is 126 Å². The maximum atomic E-state index is 14.2. The van der Waals surface area contributed by atoms with Crippen molar-refractivity contribution in [3.05, 3.63) is 152 Å². The Morgan fingerprint density at radius 1 is 0.769 bits per heavy atom. The molecule has 0 aromatic heterocycles. The van der Waals surface area contributed by atoms with Crippen molar-refractivity contribution >= 4 is 46.6 Å². The maximum Gasteiger partial charge on any atom is 0.276 e. The molecule has 2 heterocycles. The zero-order valence-electron chi connectivity index (χ0n) is 20.4. The van der Waals surface area contributed by atoms with Gasteiger partial charge in [-0.05, 0) is 53.6 Å². The summed E-state index contributed by atoms with van der Waals surface area (Å²) in [4.78, 5) is 42.3. The van der Waals surface area contributed by atoms with Gasteiger partial charge in [-0.2, -0.15) is 0 Å². The van der Waals surface area contributed by atoms with Gasteiger partial charge in [0.05, 0.1) is 11.0 Å². The number of halogens is 1. The van der Waals surface area contributed by atoms with Gasteiger partial charge in [0.2, 0.25) is 0 Å². The molecular weight excluding hydrogens is 514 g/mol. The molecule has 4 aromatic carbocycles. The van der Waals surface area contributed by atoms with Crippen LogP contribution in [0.3, 0.4) is 0 Å². The van der Waals surface area contributed by atoms with Crippen molar-refractivity contribution in [2.75, 3.05) is 9.80 Å². The summed E-state index contributed by atoms with van der Waals surface area (Å²) in [5, 5.41) is 12.0. The van der Waals surface area contributed by atoms with Crippen LogP contribution in [0.25, 0.3) is 6.08 Å². The van der Waals surface area contributed by atoms with E-state index in [0.717, 1.165) is 5.56 Å². The van der Waals surface area contributed by atoms with Crippen LogP contribution < -0.4 is 9.80 Å². The van der Waals surface area contributed by atoms with Gasteiger partial charge in [-0.3, -0.25) is 29.5 Å². The number of anilines is 2. The Morgan fingerprint density at radius 2 is 1.41 bits per heavy atom. The van der Waals surface area contributed by atoms with Crippen molar-refractivity contribution in [2.24, 2.45) is 0 Å². The predicted octanol–water partition coefficient (Wildman–Crippen LogP) is 6.72. The van der Waals surface area contributed by atoms with Crippen molar-refractivity contribution in [3.8, 4) is 0 Å². The first kappa shape index (κ1) is 24.3. The fourth-order valence-electron chi connectivity index (χ4n) is 5.11. The fraction of sp³-hybridized carbons (Fsp3) is 0.0323. The average Bonchev–Trinajstić information content (AvgIpc) is 3.41. The smallest absolute Gasteiger partial charge is 0.276 e. The molecule has 0 fully saturated rings. The normalized spacial score (nSPS) is 17.8. The van der Waals surface area contributed by atoms with Gasteiger partial charge in [0.25, 0.3) is 17.5 Å². The molecule has 2 aliphatic rings. The molecule has 0 saturated carbocycles. The van der Waals surface area contributed by atoms with Gasteiger partial charge < -0.3 is 0 Å². The van der Waals surface area contributed by atoms with Gasteiger partial charge in [-0.15, -0.1) is 0 Å². The molecule has 0 saturated heterocycles. The minimum Gasteiger partial charge on any atom is -0.295 e. The third-order valence-electron chi connectivity index (χ3n) is 6.78. The number of nitro benzene ring substituents is 1. The fourth-order valence-corrected chi connectivity index (χ4v) is 5.23. The lowest BCUT2D eigenvalue weighted by atomic mass is 9.93. The molecule has 4 aromatic rings. The summed E-state index contributed by atoms with van der Waals surface area (Å²) in [5.41, 5.74) is 3.47. The number of carbonyl (C=O) groups excluding carboxylic acids is 2. The topological polar surface area (TPSA) is 83.8 Å². The average molecular weight is 534 g/mol. The number of nitro groups is 1. The van der Waals surface area contributed by atoms with Crippen LogP contribution in [0.5, 0.6) is 0 Å². The van der Waals surface area contributed by atoms with Crippen molar-refractivity contribution < 1.29 is 14.5 Å². The van der Waals surface area contributed by atoms with E-state index >= 15 is 0 Å². The van der Waals surface area contributed by atoms with Crippen LogP contribution in [0.2, 0.25) is 5.02 Å². The van der Waals surface area contributed by atoms with Crippen molar-refractivity contribution in [3.63, 3.8) is 0 Å². The lowest BCUT2D eigenvalue weighted by Crippen LogP contribution is -2.38. The zero-order chi connectivity index (χ0) is 27.1. The Labute approximate surface area is 229 Å². The molecule has 0 aliphatic carbocycles. The summed E-state index contributed by atoms with van der Waals surface area (Å²) in [6.45, 7) is 0. The molecule has 39 heavy (non-hydrogen) atoms. The molecule has 0 bridgehead atoms. The minimum atomic E-state index is -0.630. The van der Waals surface area contributed by atoms with Crippen LogP contribution in [0.1, 0.15) is 17.2 Å². The summed E-state index contributed by atoms with van der Waals surface area (Å²) >= 11 is 6.19. The molecule has 6 rings (SSSR count). The third kappa shape index (κ3) is 4.19. The van der Waals surface area contributed by atoms with E-state index in [1.54, 1.807) is 59.5 Å². The highest BCUT2D eigenvalue weighted by Gasteiger charge is 2.52. The van der Waals surface area contributed by atoms with Gasteiger partial charge >= 0.3 is 0 Å². The van der Waals surface area contributed by atoms with Crippen LogP contribution in [0.4, 0.5) is 17.1 Å². The molecule has 8 heteroatoms. The van der Waals surface area contributed by atoms with Crippen molar-refractivity contribution in [1.82, 2.24) is 0 Å². The maximum absolute atomic E-state index is 14.2. The lowest BCUT2D eigenvalue weighted by Gasteiger charge is -2.30. The summed E-state index contributed by atoms with van der Waals surface area (Å²) < 4.78 is 0. The number of hydrogen-bond acceptors (Lipinski definition) is 4. The van der Waals surface area contributed by atoms with Gasteiger partial charge in [0, 0.05) is 39.7 Å². The molecule has 0 spiro atoms. The van der Waals surface area contributed by atoms with E-state index < -0.39 is 11.0 Å². The molecular formula is C31H20ClN3O4. The Hall–Kier alpha value is -5.01. The first-order chi connectivity index (χ1) is 18.9. The number of non-ortho nitro benzene ring substituents is 1. The van der Waals surface area contributed by atoms with Gasteiger partial charge in [0.15, 0.2) is 0 Å². The molecule has 7 nitrogen and oxygen atoms in total.